The number of nitrogens with one attached hydrogen (secondary N) is 1. The number of hydrogen-bond acceptors (Lipinski definition) is 5. The SMILES string of the molecule is COC(=O)c1cccc(C(=O)NC(C)c2cc3cccc(OC)c3o2)c1. The second-order valence-electron chi connectivity index (χ2n) is 5.79. The lowest BCUT2D eigenvalue weighted by Crippen LogP contribution is -2.26. The number of esters is 1. The van der Waals surface area contributed by atoms with Crippen LogP contribution in [0.2, 0.25) is 0 Å². The standard InChI is InChI=1S/C20H19NO5/c1-12(17-11-13-6-5-9-16(24-2)18(13)26-17)21-19(22)14-7-4-8-15(10-14)20(23)25-3/h4-12H,1-3H3,(H,21,22). The molecule has 6 heteroatoms. The first kappa shape index (κ1) is 17.5. The molecule has 0 fully saturated rings. The lowest BCUT2D eigenvalue weighted by molar-refractivity contribution is 0.0600. The lowest BCUT2D eigenvalue weighted by atomic mass is 10.1. The van der Waals surface area contributed by atoms with Crippen molar-refractivity contribution in [1.82, 2.24) is 5.32 Å². The van der Waals surface area contributed by atoms with Gasteiger partial charge in [-0.05, 0) is 37.3 Å². The summed E-state index contributed by atoms with van der Waals surface area (Å²) in [7, 11) is 2.88. The first-order valence-electron chi connectivity index (χ1n) is 8.09. The van der Waals surface area contributed by atoms with Gasteiger partial charge >= 0.3 is 5.97 Å². The fourth-order valence-corrected chi connectivity index (χ4v) is 2.69. The summed E-state index contributed by atoms with van der Waals surface area (Å²) in [6, 6.07) is 13.5. The summed E-state index contributed by atoms with van der Waals surface area (Å²) in [5.74, 6) is 0.452. The number of amides is 1. The van der Waals surface area contributed by atoms with E-state index in [-0.39, 0.29) is 11.9 Å². The largest absolute Gasteiger partial charge is 0.493 e. The minimum atomic E-state index is -0.489. The first-order valence-corrected chi connectivity index (χ1v) is 8.09. The van der Waals surface area contributed by atoms with Crippen LogP contribution in [0.4, 0.5) is 0 Å². The molecule has 0 bridgehead atoms. The van der Waals surface area contributed by atoms with Gasteiger partial charge in [0, 0.05) is 10.9 Å². The Morgan fingerprint density at radius 3 is 2.50 bits per heavy atom. The van der Waals surface area contributed by atoms with Crippen molar-refractivity contribution in [3.8, 4) is 5.75 Å². The van der Waals surface area contributed by atoms with Crippen LogP contribution in [0.3, 0.4) is 0 Å². The molecule has 0 saturated heterocycles. The first-order chi connectivity index (χ1) is 12.5. The molecule has 1 unspecified atom stereocenters. The highest BCUT2D eigenvalue weighted by Crippen LogP contribution is 2.30. The van der Waals surface area contributed by atoms with Gasteiger partial charge in [0.15, 0.2) is 11.3 Å². The molecule has 134 valence electrons. The van der Waals surface area contributed by atoms with E-state index in [1.165, 1.54) is 13.2 Å². The molecule has 1 aromatic heterocycles. The Labute approximate surface area is 150 Å². The van der Waals surface area contributed by atoms with Crippen molar-refractivity contribution in [2.75, 3.05) is 14.2 Å². The smallest absolute Gasteiger partial charge is 0.337 e. The molecular weight excluding hydrogens is 334 g/mol. The number of methoxy groups -OCH3 is 2. The zero-order valence-corrected chi connectivity index (χ0v) is 14.7. The second-order valence-corrected chi connectivity index (χ2v) is 5.79. The Kier molecular flexibility index (Phi) is 4.93. The van der Waals surface area contributed by atoms with Gasteiger partial charge in [0.05, 0.1) is 25.8 Å². The number of furan rings is 1. The highest BCUT2D eigenvalue weighted by Gasteiger charge is 2.18. The molecule has 3 rings (SSSR count). The average molecular weight is 353 g/mol. The summed E-state index contributed by atoms with van der Waals surface area (Å²) in [5, 5.41) is 3.77. The number of benzene rings is 2. The maximum atomic E-state index is 12.5. The van der Waals surface area contributed by atoms with Gasteiger partial charge in [0.25, 0.3) is 5.91 Å². The predicted octanol–water partition coefficient (Wildman–Crippen LogP) is 3.72. The third kappa shape index (κ3) is 3.39. The van der Waals surface area contributed by atoms with E-state index in [1.54, 1.807) is 25.3 Å². The van der Waals surface area contributed by atoms with E-state index in [4.69, 9.17) is 9.15 Å². The summed E-state index contributed by atoms with van der Waals surface area (Å²) in [6.07, 6.45) is 0. The zero-order chi connectivity index (χ0) is 18.7. The van der Waals surface area contributed by atoms with Crippen LogP contribution < -0.4 is 10.1 Å². The van der Waals surface area contributed by atoms with Crippen molar-refractivity contribution in [3.05, 3.63) is 65.4 Å². The van der Waals surface area contributed by atoms with Crippen molar-refractivity contribution in [1.29, 1.82) is 0 Å². The summed E-state index contributed by atoms with van der Waals surface area (Å²) in [6.45, 7) is 1.83. The van der Waals surface area contributed by atoms with Crippen LogP contribution >= 0.6 is 0 Å². The fraction of sp³-hybridized carbons (Fsp3) is 0.200. The van der Waals surface area contributed by atoms with Crippen molar-refractivity contribution >= 4 is 22.8 Å². The molecule has 1 heterocycles. The van der Waals surface area contributed by atoms with Gasteiger partial charge in [-0.3, -0.25) is 4.79 Å². The van der Waals surface area contributed by atoms with Crippen molar-refractivity contribution in [3.63, 3.8) is 0 Å². The average Bonchev–Trinajstić information content (AvgIpc) is 3.11. The van der Waals surface area contributed by atoms with E-state index < -0.39 is 5.97 Å². The van der Waals surface area contributed by atoms with Crippen LogP contribution in [0.15, 0.2) is 52.9 Å². The number of carbonyl (C=O) groups is 2. The van der Waals surface area contributed by atoms with Crippen LogP contribution in [-0.4, -0.2) is 26.1 Å². The molecule has 6 nitrogen and oxygen atoms in total. The van der Waals surface area contributed by atoms with Gasteiger partial charge in [-0.15, -0.1) is 0 Å². The molecule has 0 radical (unpaired) electrons. The van der Waals surface area contributed by atoms with Crippen molar-refractivity contribution in [2.24, 2.45) is 0 Å². The van der Waals surface area contributed by atoms with E-state index in [0.717, 1.165) is 5.39 Å². The van der Waals surface area contributed by atoms with E-state index in [2.05, 4.69) is 10.1 Å². The minimum absolute atomic E-state index is 0.310. The number of hydrogen-bond donors (Lipinski definition) is 1. The van der Waals surface area contributed by atoms with Crippen LogP contribution in [0.25, 0.3) is 11.0 Å². The van der Waals surface area contributed by atoms with Crippen molar-refractivity contribution in [2.45, 2.75) is 13.0 Å². The number of rotatable bonds is 5. The third-order valence-electron chi connectivity index (χ3n) is 4.07. The van der Waals surface area contributed by atoms with Gasteiger partial charge < -0.3 is 19.2 Å². The Balaban J connectivity index is 1.80. The van der Waals surface area contributed by atoms with Crippen LogP contribution in [0, 0.1) is 0 Å². The lowest BCUT2D eigenvalue weighted by Gasteiger charge is -2.12. The van der Waals surface area contributed by atoms with E-state index in [9.17, 15) is 9.59 Å². The molecular formula is C20H19NO5. The summed E-state index contributed by atoms with van der Waals surface area (Å²) in [5.41, 5.74) is 1.33. The van der Waals surface area contributed by atoms with E-state index >= 15 is 0 Å². The van der Waals surface area contributed by atoms with Crippen LogP contribution in [0.5, 0.6) is 5.75 Å². The van der Waals surface area contributed by atoms with E-state index in [1.807, 2.05) is 31.2 Å². The summed E-state index contributed by atoms with van der Waals surface area (Å²) >= 11 is 0. The molecule has 1 atom stereocenters. The molecule has 0 aliphatic heterocycles. The second kappa shape index (κ2) is 7.31. The molecule has 0 saturated carbocycles. The number of fused-ring (bicyclic) bond motifs is 1. The molecule has 0 aliphatic rings. The molecule has 2 aromatic carbocycles. The highest BCUT2D eigenvalue weighted by atomic mass is 16.5. The molecule has 1 N–H and O–H groups in total. The Bertz CT molecular complexity index is 960. The van der Waals surface area contributed by atoms with Crippen LogP contribution in [0.1, 0.15) is 39.4 Å². The fourth-order valence-electron chi connectivity index (χ4n) is 2.69. The number of carbonyl (C=O) groups excluding carboxylic acids is 2. The van der Waals surface area contributed by atoms with Gasteiger partial charge in [-0.25, -0.2) is 4.79 Å². The quantitative estimate of drug-likeness (QED) is 0.707. The Morgan fingerprint density at radius 2 is 1.77 bits per heavy atom. The maximum absolute atomic E-state index is 12.5. The monoisotopic (exact) mass is 353 g/mol. The van der Waals surface area contributed by atoms with Crippen LogP contribution in [-0.2, 0) is 4.74 Å². The topological polar surface area (TPSA) is 77.8 Å². The summed E-state index contributed by atoms with van der Waals surface area (Å²) in [4.78, 5) is 24.1. The van der Waals surface area contributed by atoms with Gasteiger partial charge in [0.1, 0.15) is 5.76 Å². The Morgan fingerprint density at radius 1 is 1.04 bits per heavy atom. The number of ether oxygens (including phenoxy) is 2. The van der Waals surface area contributed by atoms with Gasteiger partial charge in [-0.1, -0.05) is 18.2 Å². The van der Waals surface area contributed by atoms with Gasteiger partial charge in [-0.2, -0.15) is 0 Å². The molecule has 3 aromatic rings. The Hall–Kier alpha value is -3.28. The highest BCUT2D eigenvalue weighted by molar-refractivity contribution is 5.98. The molecule has 1 amide bonds. The molecule has 0 spiro atoms. The molecule has 26 heavy (non-hydrogen) atoms. The normalized spacial score (nSPS) is 11.8. The van der Waals surface area contributed by atoms with Gasteiger partial charge in [0.2, 0.25) is 0 Å². The molecule has 0 aliphatic carbocycles. The van der Waals surface area contributed by atoms with E-state index in [0.29, 0.717) is 28.2 Å². The summed E-state index contributed by atoms with van der Waals surface area (Å²) < 4.78 is 15.8. The maximum Gasteiger partial charge on any atom is 0.337 e. The predicted molar refractivity (Wildman–Crippen MR) is 96.4 cm³/mol. The zero-order valence-electron chi connectivity index (χ0n) is 14.7. The number of para-hydroxylation sites is 1. The van der Waals surface area contributed by atoms with Crippen molar-refractivity contribution < 1.29 is 23.5 Å². The third-order valence-corrected chi connectivity index (χ3v) is 4.07. The minimum Gasteiger partial charge on any atom is -0.493 e.